The van der Waals surface area contributed by atoms with E-state index >= 15 is 0 Å². The largest absolute Gasteiger partial charge is 0.561 e. The normalized spacial score (nSPS) is 18.5. The van der Waals surface area contributed by atoms with Crippen LogP contribution in [-0.2, 0) is 18.6 Å². The van der Waals surface area contributed by atoms with Crippen LogP contribution in [0.4, 0.5) is 4.53 Å². The summed E-state index contributed by atoms with van der Waals surface area (Å²) >= 11 is 0. The summed E-state index contributed by atoms with van der Waals surface area (Å²) < 4.78 is 27.0. The maximum atomic E-state index is 11.0. The predicted molar refractivity (Wildman–Crippen MR) is 29.8 cm³/mol. The fourth-order valence-electron chi connectivity index (χ4n) is 0.204. The first kappa shape index (κ1) is 10.5. The van der Waals surface area contributed by atoms with Crippen molar-refractivity contribution in [2.75, 3.05) is 0 Å². The average molecular weight is 188 g/mol. The lowest BCUT2D eigenvalue weighted by atomic mass is 10.4. The molecule has 0 spiro atoms. The number of aliphatic hydroxyl groups excluding tert-OH is 1. The molecule has 0 saturated carbocycles. The van der Waals surface area contributed by atoms with E-state index in [1.54, 1.807) is 0 Å². The third-order valence-corrected chi connectivity index (χ3v) is 1.22. The van der Waals surface area contributed by atoms with E-state index in [1.165, 1.54) is 0 Å². The number of rotatable bonds is 3. The van der Waals surface area contributed by atoms with Crippen LogP contribution in [-0.4, -0.2) is 22.1 Å². The van der Waals surface area contributed by atoms with Crippen molar-refractivity contribution in [2.24, 2.45) is 0 Å². The Morgan fingerprint density at radius 2 is 2.18 bits per heavy atom. The van der Waals surface area contributed by atoms with Crippen LogP contribution in [0.15, 0.2) is 0 Å². The number of hydrogen-bond donors (Lipinski definition) is 2. The number of phosphoric acid groups is 1. The molecule has 8 heteroatoms. The predicted octanol–water partition coefficient (Wildman–Crippen LogP) is -0.0881. The van der Waals surface area contributed by atoms with E-state index in [-0.39, 0.29) is 0 Å². The first-order valence-electron chi connectivity index (χ1n) is 2.43. The standard InChI is InChI=1S/C3H6FO6P/c1-2(5)3(6)9-11(7,8)10-4/h2,5H,1H3,(H,7,8). The second-order valence-corrected chi connectivity index (χ2v) is 2.88. The van der Waals surface area contributed by atoms with Gasteiger partial charge in [-0.15, -0.1) is 0 Å². The molecule has 0 aliphatic rings. The highest BCUT2D eigenvalue weighted by Gasteiger charge is 2.29. The van der Waals surface area contributed by atoms with Crippen LogP contribution in [0.1, 0.15) is 6.92 Å². The maximum absolute atomic E-state index is 11.0. The van der Waals surface area contributed by atoms with E-state index in [0.717, 1.165) is 6.92 Å². The molecule has 2 atom stereocenters. The Labute approximate surface area is 61.1 Å². The van der Waals surface area contributed by atoms with Gasteiger partial charge >= 0.3 is 13.8 Å². The zero-order valence-electron chi connectivity index (χ0n) is 5.43. The van der Waals surface area contributed by atoms with Gasteiger partial charge in [0.2, 0.25) is 0 Å². The Morgan fingerprint density at radius 3 is 2.45 bits per heavy atom. The molecular weight excluding hydrogens is 182 g/mol. The van der Waals surface area contributed by atoms with Gasteiger partial charge in [-0.2, -0.15) is 0 Å². The van der Waals surface area contributed by atoms with Gasteiger partial charge in [0, 0.05) is 0 Å². The summed E-state index contributed by atoms with van der Waals surface area (Å²) in [6, 6.07) is 0. The molecule has 0 aromatic carbocycles. The number of aliphatic hydroxyl groups is 1. The molecule has 2 N–H and O–H groups in total. The van der Waals surface area contributed by atoms with Gasteiger partial charge in [0.25, 0.3) is 0 Å². The molecule has 0 amide bonds. The SMILES string of the molecule is CC(O)C(=O)OP(=O)(O)OF. The topological polar surface area (TPSA) is 93.1 Å². The first-order valence-corrected chi connectivity index (χ1v) is 3.93. The second-order valence-electron chi connectivity index (χ2n) is 1.62. The molecule has 0 aromatic rings. The Hall–Kier alpha value is -0.490. The molecule has 6 nitrogen and oxygen atoms in total. The highest BCUT2D eigenvalue weighted by atomic mass is 31.2. The van der Waals surface area contributed by atoms with Crippen molar-refractivity contribution in [1.29, 1.82) is 0 Å². The van der Waals surface area contributed by atoms with Crippen molar-refractivity contribution in [3.05, 3.63) is 0 Å². The highest BCUT2D eigenvalue weighted by molar-refractivity contribution is 7.47. The summed E-state index contributed by atoms with van der Waals surface area (Å²) in [6.07, 6.45) is -1.61. The van der Waals surface area contributed by atoms with Crippen LogP contribution >= 0.6 is 7.82 Å². The zero-order chi connectivity index (χ0) is 9.07. The lowest BCUT2D eigenvalue weighted by Crippen LogP contribution is -2.17. The summed E-state index contributed by atoms with van der Waals surface area (Å²) in [5, 5.41) is 8.39. The number of halogens is 1. The Balaban J connectivity index is 4.05. The molecule has 11 heavy (non-hydrogen) atoms. The van der Waals surface area contributed by atoms with E-state index in [2.05, 4.69) is 9.25 Å². The molecular formula is C3H6FO6P. The fourth-order valence-corrected chi connectivity index (χ4v) is 0.612. The highest BCUT2D eigenvalue weighted by Crippen LogP contribution is 2.43. The molecule has 0 radical (unpaired) electrons. The number of carbonyl (C=O) groups excluding carboxylic acids is 1. The Bertz CT molecular complexity index is 190. The lowest BCUT2D eigenvalue weighted by molar-refractivity contribution is -0.147. The van der Waals surface area contributed by atoms with E-state index < -0.39 is 19.9 Å². The monoisotopic (exact) mass is 188 g/mol. The van der Waals surface area contributed by atoms with Crippen molar-refractivity contribution < 1.29 is 33.1 Å². The number of hydrogen-bond acceptors (Lipinski definition) is 5. The molecule has 0 heterocycles. The van der Waals surface area contributed by atoms with Crippen LogP contribution in [0.25, 0.3) is 0 Å². The molecule has 0 fully saturated rings. The summed E-state index contributed by atoms with van der Waals surface area (Å²) in [4.78, 5) is 18.4. The van der Waals surface area contributed by atoms with Crippen LogP contribution in [0, 0.1) is 0 Å². The zero-order valence-corrected chi connectivity index (χ0v) is 6.32. The quantitative estimate of drug-likeness (QED) is 0.601. The lowest BCUT2D eigenvalue weighted by Gasteiger charge is -2.06. The van der Waals surface area contributed by atoms with Gasteiger partial charge in [-0.25, -0.2) is 9.36 Å². The van der Waals surface area contributed by atoms with Gasteiger partial charge in [-0.3, -0.25) is 4.89 Å². The minimum absolute atomic E-state index is 0.987. The molecule has 66 valence electrons. The Kier molecular flexibility index (Phi) is 3.61. The van der Waals surface area contributed by atoms with Gasteiger partial charge in [0.05, 0.1) is 0 Å². The van der Waals surface area contributed by atoms with E-state index in [0.29, 0.717) is 0 Å². The molecule has 0 saturated heterocycles. The van der Waals surface area contributed by atoms with Crippen LogP contribution < -0.4 is 0 Å². The van der Waals surface area contributed by atoms with E-state index in [4.69, 9.17) is 10.00 Å². The maximum Gasteiger partial charge on any atom is 0.561 e. The Morgan fingerprint density at radius 1 is 1.73 bits per heavy atom. The van der Waals surface area contributed by atoms with Gasteiger partial charge in [-0.1, -0.05) is 4.73 Å². The fraction of sp³-hybridized carbons (Fsp3) is 0.667. The molecule has 0 bridgehead atoms. The van der Waals surface area contributed by atoms with Crippen molar-refractivity contribution in [2.45, 2.75) is 13.0 Å². The van der Waals surface area contributed by atoms with Crippen LogP contribution in [0.2, 0.25) is 0 Å². The van der Waals surface area contributed by atoms with Gasteiger partial charge in [-0.05, 0) is 11.4 Å². The summed E-state index contributed by atoms with van der Waals surface area (Å²) in [7, 11) is -4.96. The van der Waals surface area contributed by atoms with Crippen molar-refractivity contribution in [3.63, 3.8) is 0 Å². The van der Waals surface area contributed by atoms with Gasteiger partial charge in [0.15, 0.2) is 0 Å². The third-order valence-electron chi connectivity index (χ3n) is 0.634. The minimum Gasteiger partial charge on any atom is -0.382 e. The molecule has 2 unspecified atom stereocenters. The number of phosphoric ester groups is 1. The molecule has 0 rings (SSSR count). The molecule has 0 aliphatic carbocycles. The van der Waals surface area contributed by atoms with Gasteiger partial charge < -0.3 is 9.63 Å². The summed E-state index contributed by atoms with van der Waals surface area (Å²) in [6.45, 7) is 0.987. The van der Waals surface area contributed by atoms with Crippen molar-refractivity contribution in [1.82, 2.24) is 0 Å². The summed E-state index contributed by atoms with van der Waals surface area (Å²) in [5.41, 5.74) is 0. The minimum atomic E-state index is -4.96. The summed E-state index contributed by atoms with van der Waals surface area (Å²) in [5.74, 6) is -1.44. The van der Waals surface area contributed by atoms with Crippen molar-refractivity contribution >= 4 is 13.8 Å². The van der Waals surface area contributed by atoms with Crippen LogP contribution in [0.3, 0.4) is 0 Å². The third kappa shape index (κ3) is 4.05. The van der Waals surface area contributed by atoms with E-state index in [1.807, 2.05) is 0 Å². The first-order chi connectivity index (χ1) is 4.89. The van der Waals surface area contributed by atoms with Crippen LogP contribution in [0.5, 0.6) is 0 Å². The number of carbonyl (C=O) groups is 1. The van der Waals surface area contributed by atoms with Gasteiger partial charge in [0.1, 0.15) is 6.10 Å². The molecule has 0 aromatic heterocycles. The average Bonchev–Trinajstić information content (AvgIpc) is 1.87. The smallest absolute Gasteiger partial charge is 0.382 e. The van der Waals surface area contributed by atoms with E-state index in [9.17, 15) is 13.9 Å². The second kappa shape index (κ2) is 3.77. The van der Waals surface area contributed by atoms with Crippen molar-refractivity contribution in [3.8, 4) is 0 Å². The molecule has 0 aliphatic heterocycles.